The molecule has 1 saturated heterocycles. The lowest BCUT2D eigenvalue weighted by molar-refractivity contribution is -0.122. The molecule has 0 radical (unpaired) electrons. The molecule has 1 fully saturated rings. The average Bonchev–Trinajstić information content (AvgIpc) is 1.98. The number of hydrogen-bond donors (Lipinski definition) is 2. The maximum Gasteiger partial charge on any atom is 0.220 e. The highest BCUT2D eigenvalue weighted by molar-refractivity contribution is 5.76. The summed E-state index contributed by atoms with van der Waals surface area (Å²) in [6.07, 6.45) is 0.650. The minimum atomic E-state index is 0.138. The van der Waals surface area contributed by atoms with Gasteiger partial charge in [-0.05, 0) is 19.0 Å². The smallest absolute Gasteiger partial charge is 0.220 e. The first-order valence-electron chi connectivity index (χ1n) is 4.29. The van der Waals surface area contributed by atoms with E-state index in [0.717, 1.165) is 13.1 Å². The molecule has 1 heterocycles. The monoisotopic (exact) mass is 172 g/mol. The quantitative estimate of drug-likeness (QED) is 0.542. The van der Waals surface area contributed by atoms with Crippen LogP contribution in [0.2, 0.25) is 0 Å². The van der Waals surface area contributed by atoms with E-state index in [0.29, 0.717) is 25.5 Å². The second kappa shape index (κ2) is 5.11. The third-order valence-electron chi connectivity index (χ3n) is 1.97. The Hall–Kier alpha value is -0.610. The lowest BCUT2D eigenvalue weighted by atomic mass is 9.99. The topological polar surface area (TPSA) is 50.4 Å². The van der Waals surface area contributed by atoms with Crippen molar-refractivity contribution < 1.29 is 9.53 Å². The molecular weight excluding hydrogens is 156 g/mol. The standard InChI is InChI=1S/C8H16N2O2/c1-12-3-2-10-8(11)4-7-5-9-6-7/h7,9H,2-6H2,1H3,(H,10,11). The molecule has 12 heavy (non-hydrogen) atoms. The molecule has 1 rings (SSSR count). The molecule has 0 unspecified atom stereocenters. The Kier molecular flexibility index (Phi) is 4.04. The van der Waals surface area contributed by atoms with Crippen molar-refractivity contribution in [1.29, 1.82) is 0 Å². The average molecular weight is 172 g/mol. The van der Waals surface area contributed by atoms with Crippen LogP contribution in [0.1, 0.15) is 6.42 Å². The Morgan fingerprint density at radius 3 is 2.92 bits per heavy atom. The first-order chi connectivity index (χ1) is 5.83. The molecule has 0 bridgehead atoms. The van der Waals surface area contributed by atoms with Crippen molar-refractivity contribution in [2.24, 2.45) is 5.92 Å². The first kappa shape index (κ1) is 9.48. The predicted molar refractivity (Wildman–Crippen MR) is 45.9 cm³/mol. The molecule has 0 aromatic heterocycles. The molecule has 4 heteroatoms. The maximum absolute atomic E-state index is 11.1. The van der Waals surface area contributed by atoms with Crippen LogP contribution in [-0.2, 0) is 9.53 Å². The molecule has 1 aliphatic rings. The van der Waals surface area contributed by atoms with E-state index in [1.54, 1.807) is 7.11 Å². The number of ether oxygens (including phenoxy) is 1. The number of carbonyl (C=O) groups is 1. The normalized spacial score (nSPS) is 17.1. The Bertz CT molecular complexity index is 146. The second-order valence-electron chi connectivity index (χ2n) is 3.07. The van der Waals surface area contributed by atoms with Gasteiger partial charge in [-0.1, -0.05) is 0 Å². The van der Waals surface area contributed by atoms with Gasteiger partial charge in [-0.2, -0.15) is 0 Å². The van der Waals surface area contributed by atoms with Crippen LogP contribution in [0.3, 0.4) is 0 Å². The Labute approximate surface area is 72.7 Å². The fourth-order valence-corrected chi connectivity index (χ4v) is 1.12. The van der Waals surface area contributed by atoms with Crippen LogP contribution in [0.15, 0.2) is 0 Å². The van der Waals surface area contributed by atoms with Crippen molar-refractivity contribution in [2.45, 2.75) is 6.42 Å². The van der Waals surface area contributed by atoms with Gasteiger partial charge in [0, 0.05) is 20.1 Å². The largest absolute Gasteiger partial charge is 0.383 e. The van der Waals surface area contributed by atoms with Crippen molar-refractivity contribution >= 4 is 5.91 Å². The van der Waals surface area contributed by atoms with E-state index >= 15 is 0 Å². The maximum atomic E-state index is 11.1. The Balaban J connectivity index is 1.95. The second-order valence-corrected chi connectivity index (χ2v) is 3.07. The highest BCUT2D eigenvalue weighted by Crippen LogP contribution is 2.06. The first-order valence-corrected chi connectivity index (χ1v) is 4.29. The van der Waals surface area contributed by atoms with Crippen molar-refractivity contribution in [3.63, 3.8) is 0 Å². The summed E-state index contributed by atoms with van der Waals surface area (Å²) in [7, 11) is 1.63. The summed E-state index contributed by atoms with van der Waals surface area (Å²) in [5, 5.41) is 5.92. The molecule has 70 valence electrons. The molecule has 2 N–H and O–H groups in total. The van der Waals surface area contributed by atoms with E-state index < -0.39 is 0 Å². The van der Waals surface area contributed by atoms with Gasteiger partial charge in [0.25, 0.3) is 0 Å². The summed E-state index contributed by atoms with van der Waals surface area (Å²) in [6, 6.07) is 0. The number of amides is 1. The third-order valence-corrected chi connectivity index (χ3v) is 1.97. The van der Waals surface area contributed by atoms with Crippen LogP contribution < -0.4 is 10.6 Å². The van der Waals surface area contributed by atoms with Gasteiger partial charge in [0.15, 0.2) is 0 Å². The van der Waals surface area contributed by atoms with E-state index in [1.807, 2.05) is 0 Å². The number of carbonyl (C=O) groups excluding carboxylic acids is 1. The molecule has 0 saturated carbocycles. The highest BCUT2D eigenvalue weighted by atomic mass is 16.5. The summed E-state index contributed by atoms with van der Waals surface area (Å²) < 4.78 is 4.81. The van der Waals surface area contributed by atoms with E-state index in [9.17, 15) is 4.79 Å². The molecule has 4 nitrogen and oxygen atoms in total. The number of methoxy groups -OCH3 is 1. The van der Waals surface area contributed by atoms with E-state index in [-0.39, 0.29) is 5.91 Å². The molecule has 0 aromatic carbocycles. The molecule has 0 aromatic rings. The van der Waals surface area contributed by atoms with Gasteiger partial charge in [-0.15, -0.1) is 0 Å². The fraction of sp³-hybridized carbons (Fsp3) is 0.875. The van der Waals surface area contributed by atoms with Gasteiger partial charge in [-0.25, -0.2) is 0 Å². The van der Waals surface area contributed by atoms with Gasteiger partial charge in [0.1, 0.15) is 0 Å². The van der Waals surface area contributed by atoms with E-state index in [1.165, 1.54) is 0 Å². The van der Waals surface area contributed by atoms with Crippen molar-refractivity contribution in [3.05, 3.63) is 0 Å². The van der Waals surface area contributed by atoms with Crippen LogP contribution in [0.4, 0.5) is 0 Å². The third kappa shape index (κ3) is 3.19. The van der Waals surface area contributed by atoms with Gasteiger partial charge in [-0.3, -0.25) is 4.79 Å². The SMILES string of the molecule is COCCNC(=O)CC1CNC1. The van der Waals surface area contributed by atoms with Crippen molar-refractivity contribution in [1.82, 2.24) is 10.6 Å². The van der Waals surface area contributed by atoms with Gasteiger partial charge < -0.3 is 15.4 Å². The molecule has 1 amide bonds. The zero-order chi connectivity index (χ0) is 8.81. The van der Waals surface area contributed by atoms with Crippen LogP contribution in [-0.4, -0.2) is 39.3 Å². The lowest BCUT2D eigenvalue weighted by Gasteiger charge is -2.26. The van der Waals surface area contributed by atoms with Crippen LogP contribution >= 0.6 is 0 Å². The number of rotatable bonds is 5. The van der Waals surface area contributed by atoms with Crippen LogP contribution in [0, 0.1) is 5.92 Å². The molecule has 1 aliphatic heterocycles. The summed E-state index contributed by atoms with van der Waals surface area (Å²) in [4.78, 5) is 11.1. The summed E-state index contributed by atoms with van der Waals surface area (Å²) in [5.74, 6) is 0.686. The van der Waals surface area contributed by atoms with E-state index in [2.05, 4.69) is 10.6 Å². The Morgan fingerprint density at radius 2 is 2.42 bits per heavy atom. The molecular formula is C8H16N2O2. The van der Waals surface area contributed by atoms with Crippen molar-refractivity contribution in [2.75, 3.05) is 33.4 Å². The minimum absolute atomic E-state index is 0.138. The zero-order valence-electron chi connectivity index (χ0n) is 7.43. The Morgan fingerprint density at radius 1 is 1.67 bits per heavy atom. The minimum Gasteiger partial charge on any atom is -0.383 e. The van der Waals surface area contributed by atoms with Crippen LogP contribution in [0.5, 0.6) is 0 Å². The summed E-state index contributed by atoms with van der Waals surface area (Å²) >= 11 is 0. The zero-order valence-corrected chi connectivity index (χ0v) is 7.43. The van der Waals surface area contributed by atoms with E-state index in [4.69, 9.17) is 4.74 Å². The predicted octanol–water partition coefficient (Wildman–Crippen LogP) is -0.641. The molecule has 0 spiro atoms. The van der Waals surface area contributed by atoms with Crippen molar-refractivity contribution in [3.8, 4) is 0 Å². The van der Waals surface area contributed by atoms with Gasteiger partial charge in [0.05, 0.1) is 6.61 Å². The number of nitrogens with one attached hydrogen (secondary N) is 2. The van der Waals surface area contributed by atoms with Crippen LogP contribution in [0.25, 0.3) is 0 Å². The summed E-state index contributed by atoms with van der Waals surface area (Å²) in [5.41, 5.74) is 0. The van der Waals surface area contributed by atoms with Gasteiger partial charge >= 0.3 is 0 Å². The summed E-state index contributed by atoms with van der Waals surface area (Å²) in [6.45, 7) is 3.18. The van der Waals surface area contributed by atoms with Gasteiger partial charge in [0.2, 0.25) is 5.91 Å². The fourth-order valence-electron chi connectivity index (χ4n) is 1.12. The number of hydrogen-bond acceptors (Lipinski definition) is 3. The molecule has 0 aliphatic carbocycles. The highest BCUT2D eigenvalue weighted by Gasteiger charge is 2.19. The molecule has 0 atom stereocenters. The lowest BCUT2D eigenvalue weighted by Crippen LogP contribution is -2.44.